The lowest BCUT2D eigenvalue weighted by atomic mass is 10.0. The van der Waals surface area contributed by atoms with Crippen molar-refractivity contribution in [3.05, 3.63) is 59.7 Å². The summed E-state index contributed by atoms with van der Waals surface area (Å²) < 4.78 is 0. The van der Waals surface area contributed by atoms with Crippen LogP contribution in [0.1, 0.15) is 49.0 Å². The van der Waals surface area contributed by atoms with E-state index in [9.17, 15) is 14.4 Å². The van der Waals surface area contributed by atoms with Crippen LogP contribution in [0.5, 0.6) is 0 Å². The van der Waals surface area contributed by atoms with Crippen LogP contribution in [0.4, 0.5) is 11.4 Å². The number of amides is 2. The molecule has 5 heteroatoms. The molecule has 1 unspecified atom stereocenters. The Morgan fingerprint density at radius 2 is 1.81 bits per heavy atom. The summed E-state index contributed by atoms with van der Waals surface area (Å²) in [6.07, 6.45) is 0.185. The van der Waals surface area contributed by atoms with E-state index in [1.807, 2.05) is 24.3 Å². The first-order valence-corrected chi connectivity index (χ1v) is 9.17. The maximum absolute atomic E-state index is 12.6. The van der Waals surface area contributed by atoms with E-state index in [4.69, 9.17) is 0 Å². The zero-order chi connectivity index (χ0) is 19.6. The average Bonchev–Trinajstić information content (AvgIpc) is 3.04. The van der Waals surface area contributed by atoms with E-state index < -0.39 is 5.92 Å². The van der Waals surface area contributed by atoms with Crippen LogP contribution in [0.3, 0.4) is 0 Å². The highest BCUT2D eigenvalue weighted by atomic mass is 16.2. The first-order valence-electron chi connectivity index (χ1n) is 9.17. The average molecular weight is 364 g/mol. The van der Waals surface area contributed by atoms with E-state index in [1.165, 1.54) is 12.5 Å². The lowest BCUT2D eigenvalue weighted by molar-refractivity contribution is -0.122. The Kier molecular flexibility index (Phi) is 5.40. The predicted octanol–water partition coefficient (Wildman–Crippen LogP) is 4.00. The van der Waals surface area contributed by atoms with Crippen molar-refractivity contribution < 1.29 is 14.4 Å². The van der Waals surface area contributed by atoms with Crippen molar-refractivity contribution in [1.29, 1.82) is 0 Å². The molecule has 0 bridgehead atoms. The van der Waals surface area contributed by atoms with Gasteiger partial charge in [0, 0.05) is 29.9 Å². The number of hydrogen-bond acceptors (Lipinski definition) is 3. The summed E-state index contributed by atoms with van der Waals surface area (Å²) >= 11 is 0. The molecule has 2 aromatic rings. The highest BCUT2D eigenvalue weighted by Crippen LogP contribution is 2.27. The first-order chi connectivity index (χ1) is 12.8. The van der Waals surface area contributed by atoms with E-state index in [0.29, 0.717) is 23.7 Å². The number of anilines is 2. The van der Waals surface area contributed by atoms with Crippen molar-refractivity contribution in [2.75, 3.05) is 16.8 Å². The van der Waals surface area contributed by atoms with Gasteiger partial charge in [-0.1, -0.05) is 38.1 Å². The fraction of sp³-hybridized carbons (Fsp3) is 0.318. The maximum atomic E-state index is 12.6. The van der Waals surface area contributed by atoms with Crippen molar-refractivity contribution >= 4 is 29.0 Å². The molecule has 0 saturated carbocycles. The molecule has 140 valence electrons. The number of carbonyl (C=O) groups is 3. The number of Topliss-reactive ketones (excluding diaryl/α,β-unsaturated/α-hetero) is 1. The molecule has 2 aromatic carbocycles. The van der Waals surface area contributed by atoms with Gasteiger partial charge < -0.3 is 10.2 Å². The molecule has 1 aliphatic rings. The normalized spacial score (nSPS) is 16.7. The number of benzene rings is 2. The van der Waals surface area contributed by atoms with Crippen LogP contribution in [0.2, 0.25) is 0 Å². The van der Waals surface area contributed by atoms with Crippen LogP contribution in [0.15, 0.2) is 48.5 Å². The Morgan fingerprint density at radius 3 is 2.44 bits per heavy atom. The molecular weight excluding hydrogens is 340 g/mol. The summed E-state index contributed by atoms with van der Waals surface area (Å²) in [7, 11) is 0. The zero-order valence-electron chi connectivity index (χ0n) is 15.9. The summed E-state index contributed by atoms with van der Waals surface area (Å²) in [5, 5.41) is 2.83. The topological polar surface area (TPSA) is 66.5 Å². The first kappa shape index (κ1) is 18.8. The third-order valence-electron chi connectivity index (χ3n) is 4.90. The highest BCUT2D eigenvalue weighted by Gasteiger charge is 2.35. The van der Waals surface area contributed by atoms with E-state index in [2.05, 4.69) is 19.2 Å². The standard InChI is InChI=1S/C22H24N2O3/c1-14(2)16-7-9-20(10-8-16)24-13-18(12-21(24)26)22(27)23-19-6-4-5-17(11-19)15(3)25/h4-11,14,18H,12-13H2,1-3H3,(H,23,27). The Balaban J connectivity index is 1.68. The van der Waals surface area contributed by atoms with Gasteiger partial charge >= 0.3 is 0 Å². The minimum absolute atomic E-state index is 0.0510. The third kappa shape index (κ3) is 4.25. The lowest BCUT2D eigenvalue weighted by Crippen LogP contribution is -2.28. The number of ketones is 1. The van der Waals surface area contributed by atoms with E-state index in [0.717, 1.165) is 5.69 Å². The summed E-state index contributed by atoms with van der Waals surface area (Å²) in [5.41, 5.74) is 3.14. The quantitative estimate of drug-likeness (QED) is 0.816. The van der Waals surface area contributed by atoms with Gasteiger partial charge in [-0.05, 0) is 42.7 Å². The van der Waals surface area contributed by atoms with Crippen LogP contribution in [-0.4, -0.2) is 24.1 Å². The number of rotatable bonds is 5. The molecular formula is C22H24N2O3. The lowest BCUT2D eigenvalue weighted by Gasteiger charge is -2.18. The van der Waals surface area contributed by atoms with Gasteiger partial charge in [0.05, 0.1) is 5.92 Å². The highest BCUT2D eigenvalue weighted by molar-refractivity contribution is 6.04. The molecule has 1 atom stereocenters. The minimum atomic E-state index is -0.414. The van der Waals surface area contributed by atoms with Gasteiger partial charge in [-0.25, -0.2) is 0 Å². The second-order valence-electron chi connectivity index (χ2n) is 7.28. The van der Waals surface area contributed by atoms with Gasteiger partial charge in [0.15, 0.2) is 5.78 Å². The molecule has 1 aliphatic heterocycles. The molecule has 1 heterocycles. The van der Waals surface area contributed by atoms with Crippen molar-refractivity contribution in [2.45, 2.75) is 33.1 Å². The molecule has 0 spiro atoms. The Morgan fingerprint density at radius 1 is 1.11 bits per heavy atom. The molecule has 3 rings (SSSR count). The van der Waals surface area contributed by atoms with Gasteiger partial charge in [0.2, 0.25) is 11.8 Å². The molecule has 0 aliphatic carbocycles. The van der Waals surface area contributed by atoms with Gasteiger partial charge in [-0.15, -0.1) is 0 Å². The van der Waals surface area contributed by atoms with Crippen molar-refractivity contribution in [3.8, 4) is 0 Å². The molecule has 1 N–H and O–H groups in total. The van der Waals surface area contributed by atoms with Crippen molar-refractivity contribution in [3.63, 3.8) is 0 Å². The summed E-state index contributed by atoms with van der Waals surface area (Å²) in [4.78, 5) is 38.1. The number of nitrogens with zero attached hydrogens (tertiary/aromatic N) is 1. The predicted molar refractivity (Wildman–Crippen MR) is 106 cm³/mol. The zero-order valence-corrected chi connectivity index (χ0v) is 15.9. The second kappa shape index (κ2) is 7.74. The largest absolute Gasteiger partial charge is 0.326 e. The fourth-order valence-corrected chi connectivity index (χ4v) is 3.23. The monoisotopic (exact) mass is 364 g/mol. The van der Waals surface area contributed by atoms with Gasteiger partial charge in [0.25, 0.3) is 0 Å². The molecule has 1 saturated heterocycles. The van der Waals surface area contributed by atoms with Crippen LogP contribution in [0.25, 0.3) is 0 Å². The summed E-state index contributed by atoms with van der Waals surface area (Å²) in [6.45, 7) is 6.09. The second-order valence-corrected chi connectivity index (χ2v) is 7.28. The van der Waals surface area contributed by atoms with Crippen LogP contribution >= 0.6 is 0 Å². The van der Waals surface area contributed by atoms with Crippen molar-refractivity contribution in [2.24, 2.45) is 5.92 Å². The molecule has 2 amide bonds. The SMILES string of the molecule is CC(=O)c1cccc(NC(=O)C2CC(=O)N(c3ccc(C(C)C)cc3)C2)c1. The van der Waals surface area contributed by atoms with Gasteiger partial charge in [-0.3, -0.25) is 14.4 Å². The summed E-state index contributed by atoms with van der Waals surface area (Å²) in [6, 6.07) is 14.7. The van der Waals surface area contributed by atoms with Crippen LogP contribution < -0.4 is 10.2 Å². The Labute approximate surface area is 159 Å². The summed E-state index contributed by atoms with van der Waals surface area (Å²) in [5.74, 6) is -0.297. The molecule has 0 radical (unpaired) electrons. The molecule has 0 aromatic heterocycles. The van der Waals surface area contributed by atoms with Crippen LogP contribution in [-0.2, 0) is 9.59 Å². The Hall–Kier alpha value is -2.95. The third-order valence-corrected chi connectivity index (χ3v) is 4.90. The molecule has 5 nitrogen and oxygen atoms in total. The fourth-order valence-electron chi connectivity index (χ4n) is 3.23. The van der Waals surface area contributed by atoms with Gasteiger partial charge in [0.1, 0.15) is 0 Å². The smallest absolute Gasteiger partial charge is 0.229 e. The Bertz CT molecular complexity index is 871. The number of nitrogens with one attached hydrogen (secondary N) is 1. The molecule has 1 fully saturated rings. The number of hydrogen-bond donors (Lipinski definition) is 1. The minimum Gasteiger partial charge on any atom is -0.326 e. The van der Waals surface area contributed by atoms with Crippen LogP contribution in [0, 0.1) is 5.92 Å². The van der Waals surface area contributed by atoms with E-state index in [1.54, 1.807) is 29.2 Å². The van der Waals surface area contributed by atoms with Crippen molar-refractivity contribution in [1.82, 2.24) is 0 Å². The number of carbonyl (C=O) groups excluding carboxylic acids is 3. The van der Waals surface area contributed by atoms with E-state index >= 15 is 0 Å². The van der Waals surface area contributed by atoms with Gasteiger partial charge in [-0.2, -0.15) is 0 Å². The van der Waals surface area contributed by atoms with E-state index in [-0.39, 0.29) is 24.0 Å². The molecule has 27 heavy (non-hydrogen) atoms. The maximum Gasteiger partial charge on any atom is 0.229 e.